The molecular formula is C15H19BrF3NO. The fraction of sp³-hybridized carbons (Fsp3) is 0.600. The quantitative estimate of drug-likeness (QED) is 0.744. The summed E-state index contributed by atoms with van der Waals surface area (Å²) in [7, 11) is 0. The van der Waals surface area contributed by atoms with E-state index in [2.05, 4.69) is 26.0 Å². The van der Waals surface area contributed by atoms with Crippen molar-refractivity contribution in [3.63, 3.8) is 0 Å². The van der Waals surface area contributed by atoms with E-state index in [1.807, 2.05) is 0 Å². The standard InChI is InChI=1S/C15H19BrF3NO/c16-13-9-11(7-8-14(13)21-15(17,18)19)10-20-12-5-3-1-2-4-6-12/h7-9,12,20H,1-6,10H2. The Labute approximate surface area is 131 Å². The van der Waals surface area contributed by atoms with E-state index in [0.29, 0.717) is 17.1 Å². The molecule has 0 atom stereocenters. The average Bonchev–Trinajstić information content (AvgIpc) is 2.66. The molecule has 0 unspecified atom stereocenters. The van der Waals surface area contributed by atoms with Gasteiger partial charge in [0, 0.05) is 12.6 Å². The van der Waals surface area contributed by atoms with E-state index in [1.54, 1.807) is 12.1 Å². The number of halogens is 4. The SMILES string of the molecule is FC(F)(F)Oc1ccc(CNC2CCCCCC2)cc1Br. The Kier molecular flexibility index (Phi) is 5.93. The van der Waals surface area contributed by atoms with Crippen molar-refractivity contribution in [2.45, 2.75) is 57.5 Å². The Morgan fingerprint density at radius 1 is 1.14 bits per heavy atom. The minimum absolute atomic E-state index is 0.208. The van der Waals surface area contributed by atoms with Crippen molar-refractivity contribution in [1.29, 1.82) is 0 Å². The minimum atomic E-state index is -4.66. The summed E-state index contributed by atoms with van der Waals surface area (Å²) in [4.78, 5) is 0. The fourth-order valence-corrected chi connectivity index (χ4v) is 3.11. The Hall–Kier alpha value is -0.750. The zero-order chi connectivity index (χ0) is 15.3. The molecule has 1 aromatic rings. The molecule has 118 valence electrons. The Morgan fingerprint density at radius 2 is 1.81 bits per heavy atom. The molecule has 21 heavy (non-hydrogen) atoms. The van der Waals surface area contributed by atoms with Crippen LogP contribution in [0.15, 0.2) is 22.7 Å². The van der Waals surface area contributed by atoms with Gasteiger partial charge in [0.15, 0.2) is 0 Å². The Balaban J connectivity index is 1.90. The third-order valence-electron chi connectivity index (χ3n) is 3.67. The highest BCUT2D eigenvalue weighted by molar-refractivity contribution is 9.10. The number of alkyl halides is 3. The molecule has 0 spiro atoms. The number of hydrogen-bond donors (Lipinski definition) is 1. The number of ether oxygens (including phenoxy) is 1. The summed E-state index contributed by atoms with van der Waals surface area (Å²) in [5.74, 6) is -0.208. The van der Waals surface area contributed by atoms with Gasteiger partial charge in [-0.15, -0.1) is 13.2 Å². The molecule has 2 nitrogen and oxygen atoms in total. The number of nitrogens with one attached hydrogen (secondary N) is 1. The van der Waals surface area contributed by atoms with Gasteiger partial charge in [-0.2, -0.15) is 0 Å². The second kappa shape index (κ2) is 7.49. The first-order valence-electron chi connectivity index (χ1n) is 7.21. The summed E-state index contributed by atoms with van der Waals surface area (Å²) in [5.41, 5.74) is 0.945. The maximum absolute atomic E-state index is 12.2. The van der Waals surface area contributed by atoms with Crippen LogP contribution in [0.25, 0.3) is 0 Å². The van der Waals surface area contributed by atoms with Crippen LogP contribution in [-0.4, -0.2) is 12.4 Å². The van der Waals surface area contributed by atoms with Gasteiger partial charge in [-0.1, -0.05) is 31.7 Å². The molecule has 1 aromatic carbocycles. The maximum Gasteiger partial charge on any atom is 0.573 e. The van der Waals surface area contributed by atoms with E-state index in [0.717, 1.165) is 5.56 Å². The summed E-state index contributed by atoms with van der Waals surface area (Å²) in [6.07, 6.45) is 2.79. The number of hydrogen-bond acceptors (Lipinski definition) is 2. The van der Waals surface area contributed by atoms with E-state index in [4.69, 9.17) is 0 Å². The monoisotopic (exact) mass is 365 g/mol. The normalized spacial score (nSPS) is 17.5. The molecule has 2 rings (SSSR count). The molecule has 0 heterocycles. The smallest absolute Gasteiger partial charge is 0.405 e. The van der Waals surface area contributed by atoms with Gasteiger partial charge in [0.2, 0.25) is 0 Å². The number of rotatable bonds is 4. The second-order valence-corrected chi connectivity index (χ2v) is 6.24. The first kappa shape index (κ1) is 16.6. The molecule has 1 aliphatic rings. The van der Waals surface area contributed by atoms with E-state index in [9.17, 15) is 13.2 Å². The zero-order valence-electron chi connectivity index (χ0n) is 11.7. The fourth-order valence-electron chi connectivity index (χ4n) is 2.61. The molecule has 0 amide bonds. The highest BCUT2D eigenvalue weighted by Gasteiger charge is 2.31. The predicted octanol–water partition coefficient (Wildman–Crippen LogP) is 5.16. The average molecular weight is 366 g/mol. The van der Waals surface area contributed by atoms with Crippen molar-refractivity contribution < 1.29 is 17.9 Å². The highest BCUT2D eigenvalue weighted by Crippen LogP contribution is 2.31. The summed E-state index contributed by atoms with van der Waals surface area (Å²) in [6, 6.07) is 5.19. The van der Waals surface area contributed by atoms with Gasteiger partial charge in [0.05, 0.1) is 4.47 Å². The van der Waals surface area contributed by atoms with Crippen LogP contribution in [0.3, 0.4) is 0 Å². The van der Waals surface area contributed by atoms with Crippen LogP contribution in [-0.2, 0) is 6.54 Å². The van der Waals surface area contributed by atoms with E-state index < -0.39 is 6.36 Å². The molecule has 1 N–H and O–H groups in total. The van der Waals surface area contributed by atoms with Crippen molar-refractivity contribution in [3.8, 4) is 5.75 Å². The maximum atomic E-state index is 12.2. The van der Waals surface area contributed by atoms with Gasteiger partial charge >= 0.3 is 6.36 Å². The molecule has 1 saturated carbocycles. The molecule has 0 aromatic heterocycles. The van der Waals surface area contributed by atoms with E-state index in [-0.39, 0.29) is 5.75 Å². The summed E-state index contributed by atoms with van der Waals surface area (Å²) >= 11 is 3.13. The lowest BCUT2D eigenvalue weighted by atomic mass is 10.1. The van der Waals surface area contributed by atoms with Crippen molar-refractivity contribution in [2.24, 2.45) is 0 Å². The van der Waals surface area contributed by atoms with Crippen molar-refractivity contribution in [3.05, 3.63) is 28.2 Å². The van der Waals surface area contributed by atoms with Crippen molar-refractivity contribution in [2.75, 3.05) is 0 Å². The molecule has 1 fully saturated rings. The summed E-state index contributed by atoms with van der Waals surface area (Å²) in [5, 5.41) is 3.49. The van der Waals surface area contributed by atoms with Gasteiger partial charge in [0.1, 0.15) is 5.75 Å². The summed E-state index contributed by atoms with van der Waals surface area (Å²) in [6.45, 7) is 0.662. The van der Waals surface area contributed by atoms with E-state index >= 15 is 0 Å². The molecule has 0 aliphatic heterocycles. The molecule has 6 heteroatoms. The van der Waals surface area contributed by atoms with E-state index in [1.165, 1.54) is 44.6 Å². The first-order valence-corrected chi connectivity index (χ1v) is 8.01. The molecule has 0 saturated heterocycles. The van der Waals surface area contributed by atoms with Crippen LogP contribution in [0.1, 0.15) is 44.1 Å². The Morgan fingerprint density at radius 3 is 2.38 bits per heavy atom. The van der Waals surface area contributed by atoms with Crippen LogP contribution in [0, 0.1) is 0 Å². The topological polar surface area (TPSA) is 21.3 Å². The van der Waals surface area contributed by atoms with Gasteiger partial charge in [0.25, 0.3) is 0 Å². The van der Waals surface area contributed by atoms with Crippen LogP contribution in [0.2, 0.25) is 0 Å². The van der Waals surface area contributed by atoms with Gasteiger partial charge in [-0.05, 0) is 46.5 Å². The Bertz CT molecular complexity index is 457. The summed E-state index contributed by atoms with van der Waals surface area (Å²) < 4.78 is 40.8. The van der Waals surface area contributed by atoms with Gasteiger partial charge in [-0.3, -0.25) is 0 Å². The third kappa shape index (κ3) is 5.87. The third-order valence-corrected chi connectivity index (χ3v) is 4.29. The lowest BCUT2D eigenvalue weighted by Crippen LogP contribution is -2.27. The lowest BCUT2D eigenvalue weighted by Gasteiger charge is -2.17. The van der Waals surface area contributed by atoms with Crippen LogP contribution in [0.4, 0.5) is 13.2 Å². The van der Waals surface area contributed by atoms with Crippen molar-refractivity contribution >= 4 is 15.9 Å². The van der Waals surface area contributed by atoms with Gasteiger partial charge in [-0.25, -0.2) is 0 Å². The molecule has 1 aliphatic carbocycles. The highest BCUT2D eigenvalue weighted by atomic mass is 79.9. The molecule has 0 bridgehead atoms. The van der Waals surface area contributed by atoms with Crippen LogP contribution in [0.5, 0.6) is 5.75 Å². The van der Waals surface area contributed by atoms with Gasteiger partial charge < -0.3 is 10.1 Å². The first-order chi connectivity index (χ1) is 9.94. The van der Waals surface area contributed by atoms with Crippen LogP contribution >= 0.6 is 15.9 Å². The zero-order valence-corrected chi connectivity index (χ0v) is 13.3. The molecule has 0 radical (unpaired) electrons. The molecular weight excluding hydrogens is 347 g/mol. The predicted molar refractivity (Wildman–Crippen MR) is 79.2 cm³/mol. The number of benzene rings is 1. The second-order valence-electron chi connectivity index (χ2n) is 5.38. The van der Waals surface area contributed by atoms with Crippen molar-refractivity contribution in [1.82, 2.24) is 5.32 Å². The minimum Gasteiger partial charge on any atom is -0.405 e. The lowest BCUT2D eigenvalue weighted by molar-refractivity contribution is -0.274. The largest absolute Gasteiger partial charge is 0.573 e. The van der Waals surface area contributed by atoms with Crippen LogP contribution < -0.4 is 10.1 Å².